The minimum absolute atomic E-state index is 0.0301. The lowest BCUT2D eigenvalue weighted by atomic mass is 10.2. The number of anilines is 1. The molecule has 0 aliphatic rings. The number of ether oxygens (including phenoxy) is 1. The zero-order valence-corrected chi connectivity index (χ0v) is 14.4. The van der Waals surface area contributed by atoms with Crippen molar-refractivity contribution in [3.8, 4) is 11.6 Å². The van der Waals surface area contributed by atoms with E-state index < -0.39 is 0 Å². The van der Waals surface area contributed by atoms with Gasteiger partial charge in [0.2, 0.25) is 5.88 Å². The van der Waals surface area contributed by atoms with E-state index in [9.17, 15) is 9.90 Å². The number of hydrogen-bond acceptors (Lipinski definition) is 6. The van der Waals surface area contributed by atoms with Gasteiger partial charge in [0.15, 0.2) is 0 Å². The highest BCUT2D eigenvalue weighted by Crippen LogP contribution is 2.35. The lowest BCUT2D eigenvalue weighted by Gasteiger charge is -2.08. The molecule has 6 nitrogen and oxygen atoms in total. The van der Waals surface area contributed by atoms with Gasteiger partial charge in [0.05, 0.1) is 22.6 Å². The normalized spacial score (nSPS) is 10.8. The minimum atomic E-state index is -0.293. The van der Waals surface area contributed by atoms with Crippen molar-refractivity contribution in [3.05, 3.63) is 40.5 Å². The summed E-state index contributed by atoms with van der Waals surface area (Å²) in [7, 11) is 0. The molecule has 2 heterocycles. The van der Waals surface area contributed by atoms with E-state index in [1.54, 1.807) is 18.2 Å². The van der Waals surface area contributed by atoms with Crippen LogP contribution in [-0.2, 0) is 0 Å². The SMILES string of the molecule is CCOc1ncnc2sc(C(=O)Nc3cc(C)ccc3O)c(C)c12. The summed E-state index contributed by atoms with van der Waals surface area (Å²) in [6.45, 7) is 6.10. The third-order valence-corrected chi connectivity index (χ3v) is 4.78. The quantitative estimate of drug-likeness (QED) is 0.706. The van der Waals surface area contributed by atoms with Gasteiger partial charge in [-0.1, -0.05) is 6.07 Å². The molecule has 0 radical (unpaired) electrons. The van der Waals surface area contributed by atoms with Crippen LogP contribution < -0.4 is 10.1 Å². The summed E-state index contributed by atoms with van der Waals surface area (Å²) < 4.78 is 5.53. The lowest BCUT2D eigenvalue weighted by molar-refractivity contribution is 0.102. The van der Waals surface area contributed by atoms with Gasteiger partial charge in [-0.15, -0.1) is 11.3 Å². The Hall–Kier alpha value is -2.67. The van der Waals surface area contributed by atoms with E-state index in [1.165, 1.54) is 17.7 Å². The number of thiophene rings is 1. The van der Waals surface area contributed by atoms with Crippen molar-refractivity contribution >= 4 is 33.1 Å². The Morgan fingerprint density at radius 1 is 1.33 bits per heavy atom. The number of carbonyl (C=O) groups is 1. The molecule has 0 spiro atoms. The number of hydrogen-bond donors (Lipinski definition) is 2. The van der Waals surface area contributed by atoms with Crippen LogP contribution in [0.25, 0.3) is 10.2 Å². The zero-order valence-electron chi connectivity index (χ0n) is 13.6. The Balaban J connectivity index is 2.00. The first-order chi connectivity index (χ1) is 11.5. The zero-order chi connectivity index (χ0) is 17.3. The smallest absolute Gasteiger partial charge is 0.266 e. The number of phenolic OH excluding ortho intramolecular Hbond substituents is 1. The molecule has 3 rings (SSSR count). The summed E-state index contributed by atoms with van der Waals surface area (Å²) in [4.78, 5) is 22.2. The van der Waals surface area contributed by atoms with Crippen molar-refractivity contribution in [2.75, 3.05) is 11.9 Å². The standard InChI is InChI=1S/C17H17N3O3S/c1-4-23-16-13-10(3)14(24-17(13)19-8-18-16)15(22)20-11-7-9(2)5-6-12(11)21/h5-8,21H,4H2,1-3H3,(H,20,22). The monoisotopic (exact) mass is 343 g/mol. The number of phenols is 1. The molecule has 0 fully saturated rings. The van der Waals surface area contributed by atoms with Crippen molar-refractivity contribution < 1.29 is 14.6 Å². The lowest BCUT2D eigenvalue weighted by Crippen LogP contribution is -2.11. The van der Waals surface area contributed by atoms with E-state index in [0.29, 0.717) is 27.9 Å². The van der Waals surface area contributed by atoms with Crippen LogP contribution >= 0.6 is 11.3 Å². The molecule has 0 unspecified atom stereocenters. The van der Waals surface area contributed by atoms with Gasteiger partial charge in [0, 0.05) is 0 Å². The van der Waals surface area contributed by atoms with E-state index in [-0.39, 0.29) is 11.7 Å². The first kappa shape index (κ1) is 16.2. The van der Waals surface area contributed by atoms with Gasteiger partial charge in [0.25, 0.3) is 5.91 Å². The van der Waals surface area contributed by atoms with Gasteiger partial charge in [-0.2, -0.15) is 0 Å². The molecule has 0 atom stereocenters. The van der Waals surface area contributed by atoms with Gasteiger partial charge >= 0.3 is 0 Å². The number of fused-ring (bicyclic) bond motifs is 1. The van der Waals surface area contributed by atoms with Crippen molar-refractivity contribution in [3.63, 3.8) is 0 Å². The van der Waals surface area contributed by atoms with Crippen LogP contribution in [0.4, 0.5) is 5.69 Å². The average molecular weight is 343 g/mol. The molecule has 0 bridgehead atoms. The number of amides is 1. The van der Waals surface area contributed by atoms with E-state index in [2.05, 4.69) is 15.3 Å². The molecule has 0 saturated heterocycles. The molecule has 2 N–H and O–H groups in total. The topological polar surface area (TPSA) is 84.3 Å². The third-order valence-electron chi connectivity index (χ3n) is 3.58. The number of nitrogens with zero attached hydrogens (tertiary/aromatic N) is 2. The highest BCUT2D eigenvalue weighted by atomic mass is 32.1. The maximum atomic E-state index is 12.6. The van der Waals surface area contributed by atoms with Crippen LogP contribution in [-0.4, -0.2) is 27.6 Å². The average Bonchev–Trinajstić information content (AvgIpc) is 2.89. The van der Waals surface area contributed by atoms with Gasteiger partial charge in [-0.25, -0.2) is 9.97 Å². The fraction of sp³-hybridized carbons (Fsp3) is 0.235. The highest BCUT2D eigenvalue weighted by Gasteiger charge is 2.20. The Bertz CT molecular complexity index is 921. The minimum Gasteiger partial charge on any atom is -0.506 e. The summed E-state index contributed by atoms with van der Waals surface area (Å²) in [6.07, 6.45) is 1.43. The molecule has 0 saturated carbocycles. The molecule has 3 aromatic rings. The van der Waals surface area contributed by atoms with E-state index in [4.69, 9.17) is 4.74 Å². The second-order valence-electron chi connectivity index (χ2n) is 5.32. The second-order valence-corrected chi connectivity index (χ2v) is 6.32. The Morgan fingerprint density at radius 2 is 2.12 bits per heavy atom. The fourth-order valence-corrected chi connectivity index (χ4v) is 3.47. The summed E-state index contributed by atoms with van der Waals surface area (Å²) >= 11 is 1.28. The van der Waals surface area contributed by atoms with E-state index in [0.717, 1.165) is 16.5 Å². The fourth-order valence-electron chi connectivity index (χ4n) is 2.43. The first-order valence-corrected chi connectivity index (χ1v) is 8.30. The Morgan fingerprint density at radius 3 is 2.88 bits per heavy atom. The van der Waals surface area contributed by atoms with Gasteiger partial charge < -0.3 is 15.2 Å². The second kappa shape index (κ2) is 6.45. The Kier molecular flexibility index (Phi) is 4.35. The number of carbonyl (C=O) groups excluding carboxylic acids is 1. The maximum absolute atomic E-state index is 12.6. The van der Waals surface area contributed by atoms with Gasteiger partial charge in [0.1, 0.15) is 16.9 Å². The number of benzene rings is 1. The number of rotatable bonds is 4. The van der Waals surface area contributed by atoms with Gasteiger partial charge in [-0.05, 0) is 44.0 Å². The number of aryl methyl sites for hydroxylation is 2. The molecule has 7 heteroatoms. The number of aromatic hydroxyl groups is 1. The number of nitrogens with one attached hydrogen (secondary N) is 1. The summed E-state index contributed by atoms with van der Waals surface area (Å²) in [5.74, 6) is 0.218. The van der Waals surface area contributed by atoms with Crippen LogP contribution in [0.15, 0.2) is 24.5 Å². The summed E-state index contributed by atoms with van der Waals surface area (Å²) in [5.41, 5.74) is 2.09. The van der Waals surface area contributed by atoms with E-state index >= 15 is 0 Å². The Labute approximate surface area is 143 Å². The van der Waals surface area contributed by atoms with Crippen LogP contribution in [0.2, 0.25) is 0 Å². The molecule has 124 valence electrons. The van der Waals surface area contributed by atoms with Crippen LogP contribution in [0.1, 0.15) is 27.7 Å². The van der Waals surface area contributed by atoms with Crippen LogP contribution in [0.5, 0.6) is 11.6 Å². The molecule has 0 aliphatic carbocycles. The first-order valence-electron chi connectivity index (χ1n) is 7.49. The number of aromatic nitrogens is 2. The molecule has 1 amide bonds. The molecule has 1 aromatic carbocycles. The summed E-state index contributed by atoms with van der Waals surface area (Å²) in [5, 5.41) is 13.4. The van der Waals surface area contributed by atoms with Gasteiger partial charge in [-0.3, -0.25) is 4.79 Å². The molecular weight excluding hydrogens is 326 g/mol. The predicted octanol–water partition coefficient (Wildman–Crippen LogP) is 3.66. The predicted molar refractivity (Wildman–Crippen MR) is 94.1 cm³/mol. The van der Waals surface area contributed by atoms with Crippen molar-refractivity contribution in [1.82, 2.24) is 9.97 Å². The van der Waals surface area contributed by atoms with Crippen molar-refractivity contribution in [1.29, 1.82) is 0 Å². The van der Waals surface area contributed by atoms with Crippen LogP contribution in [0, 0.1) is 13.8 Å². The largest absolute Gasteiger partial charge is 0.506 e. The molecule has 0 aliphatic heterocycles. The molecular formula is C17H17N3O3S. The maximum Gasteiger partial charge on any atom is 0.266 e. The van der Waals surface area contributed by atoms with Crippen molar-refractivity contribution in [2.45, 2.75) is 20.8 Å². The molecule has 2 aromatic heterocycles. The third kappa shape index (κ3) is 2.90. The van der Waals surface area contributed by atoms with E-state index in [1.807, 2.05) is 20.8 Å². The van der Waals surface area contributed by atoms with Crippen molar-refractivity contribution in [2.24, 2.45) is 0 Å². The van der Waals surface area contributed by atoms with Crippen LogP contribution in [0.3, 0.4) is 0 Å². The molecule has 24 heavy (non-hydrogen) atoms. The summed E-state index contributed by atoms with van der Waals surface area (Å²) in [6, 6.07) is 5.06. The highest BCUT2D eigenvalue weighted by molar-refractivity contribution is 7.20.